The summed E-state index contributed by atoms with van der Waals surface area (Å²) >= 11 is 5.79. The van der Waals surface area contributed by atoms with Crippen LogP contribution < -0.4 is 4.74 Å². The highest BCUT2D eigenvalue weighted by atomic mass is 35.5. The molecule has 1 heterocycles. The molecule has 0 radical (unpaired) electrons. The van der Waals surface area contributed by atoms with E-state index in [1.165, 1.54) is 4.31 Å². The quantitative estimate of drug-likeness (QED) is 0.578. The number of unbranched alkanes of at least 4 members (excludes halogenated alkanes) is 1. The van der Waals surface area contributed by atoms with Crippen molar-refractivity contribution in [3.63, 3.8) is 0 Å². The summed E-state index contributed by atoms with van der Waals surface area (Å²) in [6.45, 7) is 2.65. The Bertz CT molecular complexity index is 630. The lowest BCUT2D eigenvalue weighted by Crippen LogP contribution is -2.44. The van der Waals surface area contributed by atoms with Crippen molar-refractivity contribution < 1.29 is 17.9 Å². The number of hydrogen-bond donors (Lipinski definition) is 0. The number of carbonyl (C=O) groups is 1. The van der Waals surface area contributed by atoms with Crippen LogP contribution in [0, 0.1) is 5.92 Å². The number of benzene rings is 1. The van der Waals surface area contributed by atoms with Crippen LogP contribution in [0.4, 0.5) is 0 Å². The van der Waals surface area contributed by atoms with Gasteiger partial charge in [-0.15, -0.1) is 0 Å². The van der Waals surface area contributed by atoms with Crippen LogP contribution in [0.1, 0.15) is 32.6 Å². The second kappa shape index (κ2) is 8.13. The number of rotatable bonds is 6. The van der Waals surface area contributed by atoms with Gasteiger partial charge in [-0.25, -0.2) is 12.7 Å². The van der Waals surface area contributed by atoms with Gasteiger partial charge in [0.2, 0.25) is 10.0 Å². The van der Waals surface area contributed by atoms with Gasteiger partial charge >= 0.3 is 5.97 Å². The van der Waals surface area contributed by atoms with Crippen molar-refractivity contribution in [3.05, 3.63) is 29.3 Å². The zero-order valence-electron chi connectivity index (χ0n) is 13.2. The molecule has 5 nitrogen and oxygen atoms in total. The number of sulfonamides is 1. The first-order chi connectivity index (χ1) is 10.9. The fraction of sp³-hybridized carbons (Fsp3) is 0.562. The molecule has 128 valence electrons. The molecule has 23 heavy (non-hydrogen) atoms. The molecular formula is C16H22ClNO4S. The summed E-state index contributed by atoms with van der Waals surface area (Å²) in [6, 6.07) is 6.54. The van der Waals surface area contributed by atoms with Crippen LogP contribution in [0.15, 0.2) is 24.3 Å². The Morgan fingerprint density at radius 1 is 1.35 bits per heavy atom. The first-order valence-corrected chi connectivity index (χ1v) is 9.86. The molecule has 1 aliphatic rings. The number of ether oxygens (including phenoxy) is 1. The van der Waals surface area contributed by atoms with Gasteiger partial charge in [0.25, 0.3) is 0 Å². The summed E-state index contributed by atoms with van der Waals surface area (Å²) < 4.78 is 31.3. The summed E-state index contributed by atoms with van der Waals surface area (Å²) in [7, 11) is -3.28. The van der Waals surface area contributed by atoms with Gasteiger partial charge in [0, 0.05) is 18.1 Å². The minimum absolute atomic E-state index is 0.141. The molecular weight excluding hydrogens is 338 g/mol. The standard InChI is InChI=1S/C16H22ClNO4S/c1-2-3-11-23(20,21)18-10-4-5-13(12-18)16(19)22-15-8-6-14(17)7-9-15/h6-9,13H,2-5,10-12H2,1H3/t13-/m0/s1. The molecule has 7 heteroatoms. The third kappa shape index (κ3) is 5.19. The Morgan fingerprint density at radius 2 is 2.04 bits per heavy atom. The van der Waals surface area contributed by atoms with E-state index in [-0.39, 0.29) is 18.3 Å². The number of esters is 1. The molecule has 0 unspecified atom stereocenters. The molecule has 1 atom stereocenters. The van der Waals surface area contributed by atoms with Crippen LogP contribution in [0.3, 0.4) is 0 Å². The fourth-order valence-corrected chi connectivity index (χ4v) is 4.40. The lowest BCUT2D eigenvalue weighted by Gasteiger charge is -2.30. The van der Waals surface area contributed by atoms with Gasteiger partial charge in [-0.1, -0.05) is 24.9 Å². The van der Waals surface area contributed by atoms with E-state index in [0.29, 0.717) is 36.6 Å². The average molecular weight is 360 g/mol. The molecule has 1 saturated heterocycles. The zero-order valence-corrected chi connectivity index (χ0v) is 14.8. The van der Waals surface area contributed by atoms with E-state index in [0.717, 1.165) is 6.42 Å². The summed E-state index contributed by atoms with van der Waals surface area (Å²) in [5, 5.41) is 0.565. The molecule has 0 bridgehead atoms. The number of carbonyl (C=O) groups excluding carboxylic acids is 1. The number of nitrogens with zero attached hydrogens (tertiary/aromatic N) is 1. The van der Waals surface area contributed by atoms with Crippen molar-refractivity contribution in [2.45, 2.75) is 32.6 Å². The number of piperidine rings is 1. The van der Waals surface area contributed by atoms with Gasteiger partial charge in [0.15, 0.2) is 0 Å². The van der Waals surface area contributed by atoms with Gasteiger partial charge < -0.3 is 4.74 Å². The van der Waals surface area contributed by atoms with E-state index < -0.39 is 15.9 Å². The van der Waals surface area contributed by atoms with Gasteiger partial charge in [-0.05, 0) is 43.5 Å². The highest BCUT2D eigenvalue weighted by Crippen LogP contribution is 2.23. The number of hydrogen-bond acceptors (Lipinski definition) is 4. The van der Waals surface area contributed by atoms with Crippen molar-refractivity contribution in [2.75, 3.05) is 18.8 Å². The molecule has 0 amide bonds. The van der Waals surface area contributed by atoms with Crippen molar-refractivity contribution in [3.8, 4) is 5.75 Å². The summed E-state index contributed by atoms with van der Waals surface area (Å²) in [5.74, 6) is -0.244. The molecule has 1 aromatic carbocycles. The Hall–Kier alpha value is -1.11. The molecule has 0 spiro atoms. The van der Waals surface area contributed by atoms with Crippen LogP contribution in [0.25, 0.3) is 0 Å². The van der Waals surface area contributed by atoms with E-state index in [1.807, 2.05) is 6.92 Å². The van der Waals surface area contributed by atoms with Crippen molar-refractivity contribution in [1.29, 1.82) is 0 Å². The normalized spacial score (nSPS) is 19.5. The molecule has 0 saturated carbocycles. The molecule has 0 aliphatic carbocycles. The van der Waals surface area contributed by atoms with Crippen LogP contribution in [-0.2, 0) is 14.8 Å². The highest BCUT2D eigenvalue weighted by Gasteiger charge is 2.33. The largest absolute Gasteiger partial charge is 0.426 e. The number of halogens is 1. The lowest BCUT2D eigenvalue weighted by atomic mass is 10.00. The monoisotopic (exact) mass is 359 g/mol. The maximum absolute atomic E-state index is 12.3. The zero-order chi connectivity index (χ0) is 16.9. The SMILES string of the molecule is CCCCS(=O)(=O)N1CCC[C@H](C(=O)Oc2ccc(Cl)cc2)C1. The van der Waals surface area contributed by atoms with E-state index >= 15 is 0 Å². The molecule has 0 aromatic heterocycles. The Balaban J connectivity index is 1.97. The van der Waals surface area contributed by atoms with Crippen molar-refractivity contribution >= 4 is 27.6 Å². The smallest absolute Gasteiger partial charge is 0.315 e. The minimum atomic E-state index is -3.28. The van der Waals surface area contributed by atoms with Gasteiger partial charge in [-0.3, -0.25) is 4.79 Å². The summed E-state index contributed by atoms with van der Waals surface area (Å²) in [5.41, 5.74) is 0. The van der Waals surface area contributed by atoms with E-state index in [1.54, 1.807) is 24.3 Å². The molecule has 1 fully saturated rings. The molecule has 0 N–H and O–H groups in total. The fourth-order valence-electron chi connectivity index (χ4n) is 2.55. The second-order valence-electron chi connectivity index (χ2n) is 5.74. The maximum Gasteiger partial charge on any atom is 0.315 e. The van der Waals surface area contributed by atoms with Crippen molar-refractivity contribution in [2.24, 2.45) is 5.92 Å². The second-order valence-corrected chi connectivity index (χ2v) is 8.27. The average Bonchev–Trinajstić information content (AvgIpc) is 2.55. The van der Waals surface area contributed by atoms with Crippen LogP contribution >= 0.6 is 11.6 Å². The van der Waals surface area contributed by atoms with E-state index in [4.69, 9.17) is 16.3 Å². The molecule has 1 aromatic rings. The van der Waals surface area contributed by atoms with E-state index in [2.05, 4.69) is 0 Å². The Morgan fingerprint density at radius 3 is 2.70 bits per heavy atom. The topological polar surface area (TPSA) is 63.7 Å². The summed E-state index contributed by atoms with van der Waals surface area (Å²) in [6.07, 6.45) is 2.78. The lowest BCUT2D eigenvalue weighted by molar-refractivity contribution is -0.140. The van der Waals surface area contributed by atoms with E-state index in [9.17, 15) is 13.2 Å². The van der Waals surface area contributed by atoms with Gasteiger partial charge in [0.1, 0.15) is 5.75 Å². The highest BCUT2D eigenvalue weighted by molar-refractivity contribution is 7.89. The van der Waals surface area contributed by atoms with Crippen LogP contribution in [0.5, 0.6) is 5.75 Å². The minimum Gasteiger partial charge on any atom is -0.426 e. The maximum atomic E-state index is 12.3. The van der Waals surface area contributed by atoms with Crippen LogP contribution in [0.2, 0.25) is 5.02 Å². The molecule has 2 rings (SSSR count). The van der Waals surface area contributed by atoms with Crippen molar-refractivity contribution in [1.82, 2.24) is 4.31 Å². The predicted octanol–water partition coefficient (Wildman–Crippen LogP) is 3.09. The van der Waals surface area contributed by atoms with Gasteiger partial charge in [-0.2, -0.15) is 0 Å². The molecule has 1 aliphatic heterocycles. The van der Waals surface area contributed by atoms with Gasteiger partial charge in [0.05, 0.1) is 11.7 Å². The first-order valence-electron chi connectivity index (χ1n) is 7.87. The van der Waals surface area contributed by atoms with Crippen LogP contribution in [-0.4, -0.2) is 37.5 Å². The Labute approximate surface area is 142 Å². The first kappa shape index (κ1) is 18.2. The third-order valence-electron chi connectivity index (χ3n) is 3.90. The summed E-state index contributed by atoms with van der Waals surface area (Å²) in [4.78, 5) is 12.3. The Kier molecular flexibility index (Phi) is 6.44. The third-order valence-corrected chi connectivity index (χ3v) is 6.07. The predicted molar refractivity (Wildman–Crippen MR) is 90.1 cm³/mol.